The van der Waals surface area contributed by atoms with Crippen molar-refractivity contribution in [3.05, 3.63) is 57.0 Å². The smallest absolute Gasteiger partial charge is 0.146 e. The Hall–Kier alpha value is -1.03. The summed E-state index contributed by atoms with van der Waals surface area (Å²) in [5, 5.41) is 4.02. The summed E-state index contributed by atoms with van der Waals surface area (Å²) in [7, 11) is 0. The lowest BCUT2D eigenvalue weighted by atomic mass is 10.2. The van der Waals surface area contributed by atoms with E-state index in [0.717, 1.165) is 27.9 Å². The van der Waals surface area contributed by atoms with Crippen molar-refractivity contribution in [2.75, 3.05) is 0 Å². The summed E-state index contributed by atoms with van der Waals surface area (Å²) in [6.07, 6.45) is 0. The second-order valence-corrected chi connectivity index (χ2v) is 6.65. The number of benzene rings is 2. The Morgan fingerprint density at radius 1 is 1.14 bits per heavy atom. The van der Waals surface area contributed by atoms with Crippen LogP contribution in [0.4, 0.5) is 0 Å². The van der Waals surface area contributed by atoms with Crippen molar-refractivity contribution in [3.63, 3.8) is 0 Å². The van der Waals surface area contributed by atoms with Crippen LogP contribution in [0.3, 0.4) is 0 Å². The van der Waals surface area contributed by atoms with E-state index >= 15 is 0 Å². The number of nitrogens with one attached hydrogen (secondary N) is 1. The molecule has 4 heteroatoms. The molecule has 112 valence electrons. The second kappa shape index (κ2) is 7.30. The highest BCUT2D eigenvalue weighted by Crippen LogP contribution is 2.33. The minimum atomic E-state index is 0.416. The minimum Gasteiger partial charge on any atom is -0.455 e. The molecule has 0 amide bonds. The summed E-state index contributed by atoms with van der Waals surface area (Å²) >= 11 is 9.71. The number of aryl methyl sites for hydroxylation is 1. The fourth-order valence-electron chi connectivity index (χ4n) is 1.91. The summed E-state index contributed by atoms with van der Waals surface area (Å²) in [4.78, 5) is 0. The molecule has 0 fully saturated rings. The van der Waals surface area contributed by atoms with Gasteiger partial charge in [-0.05, 0) is 42.8 Å². The minimum absolute atomic E-state index is 0.416. The number of ether oxygens (including phenoxy) is 1. The first-order valence-corrected chi connectivity index (χ1v) is 8.08. The summed E-state index contributed by atoms with van der Waals surface area (Å²) in [5.74, 6) is 1.50. The molecule has 0 heterocycles. The van der Waals surface area contributed by atoms with Gasteiger partial charge in [0.05, 0.1) is 5.02 Å². The average Bonchev–Trinajstić information content (AvgIpc) is 2.43. The van der Waals surface area contributed by atoms with Crippen LogP contribution < -0.4 is 10.1 Å². The summed E-state index contributed by atoms with van der Waals surface area (Å²) in [6.45, 7) is 7.01. The average molecular weight is 369 g/mol. The zero-order chi connectivity index (χ0) is 15.4. The van der Waals surface area contributed by atoms with Crippen LogP contribution in [-0.4, -0.2) is 6.04 Å². The van der Waals surface area contributed by atoms with Crippen molar-refractivity contribution < 1.29 is 4.74 Å². The highest BCUT2D eigenvalue weighted by atomic mass is 79.9. The highest BCUT2D eigenvalue weighted by Gasteiger charge is 2.09. The van der Waals surface area contributed by atoms with Gasteiger partial charge in [-0.15, -0.1) is 0 Å². The lowest BCUT2D eigenvalue weighted by Crippen LogP contribution is -2.22. The molecular formula is C17H19BrClNO. The first-order chi connectivity index (χ1) is 9.95. The Balaban J connectivity index is 2.28. The van der Waals surface area contributed by atoms with Crippen LogP contribution in [-0.2, 0) is 6.54 Å². The molecule has 0 bridgehead atoms. The number of hydrogen-bond donors (Lipinski definition) is 1. The third kappa shape index (κ3) is 4.73. The van der Waals surface area contributed by atoms with Crippen LogP contribution in [0.1, 0.15) is 25.0 Å². The molecule has 0 saturated carbocycles. The summed E-state index contributed by atoms with van der Waals surface area (Å²) in [5.41, 5.74) is 2.21. The zero-order valence-electron chi connectivity index (χ0n) is 12.4. The first-order valence-electron chi connectivity index (χ1n) is 6.91. The van der Waals surface area contributed by atoms with E-state index in [1.807, 2.05) is 37.3 Å². The Morgan fingerprint density at radius 2 is 1.90 bits per heavy atom. The van der Waals surface area contributed by atoms with Crippen molar-refractivity contribution in [1.29, 1.82) is 0 Å². The van der Waals surface area contributed by atoms with Gasteiger partial charge < -0.3 is 10.1 Å². The molecule has 0 aliphatic carbocycles. The van der Waals surface area contributed by atoms with Gasteiger partial charge in [-0.1, -0.05) is 47.4 Å². The molecule has 1 N–H and O–H groups in total. The third-order valence-corrected chi connectivity index (χ3v) is 3.84. The van der Waals surface area contributed by atoms with E-state index in [1.54, 1.807) is 0 Å². The van der Waals surface area contributed by atoms with Gasteiger partial charge in [0.15, 0.2) is 0 Å². The lowest BCUT2D eigenvalue weighted by Gasteiger charge is -2.15. The van der Waals surface area contributed by atoms with Gasteiger partial charge in [0.2, 0.25) is 0 Å². The first kappa shape index (κ1) is 16.3. The van der Waals surface area contributed by atoms with Crippen LogP contribution in [0.25, 0.3) is 0 Å². The molecule has 0 unspecified atom stereocenters. The number of rotatable bonds is 5. The molecule has 0 aliphatic rings. The Labute approximate surface area is 139 Å². The molecule has 2 aromatic rings. The van der Waals surface area contributed by atoms with E-state index in [-0.39, 0.29) is 0 Å². The van der Waals surface area contributed by atoms with E-state index in [2.05, 4.69) is 41.2 Å². The molecule has 21 heavy (non-hydrogen) atoms. The molecule has 0 spiro atoms. The predicted octanol–water partition coefficient (Wildman–Crippen LogP) is 5.70. The topological polar surface area (TPSA) is 21.3 Å². The highest BCUT2D eigenvalue weighted by molar-refractivity contribution is 9.10. The van der Waals surface area contributed by atoms with Crippen LogP contribution in [0.5, 0.6) is 11.5 Å². The summed E-state index contributed by atoms with van der Waals surface area (Å²) in [6, 6.07) is 12.2. The van der Waals surface area contributed by atoms with Gasteiger partial charge in [0.1, 0.15) is 11.5 Å². The number of hydrogen-bond acceptors (Lipinski definition) is 2. The molecule has 0 aromatic heterocycles. The van der Waals surface area contributed by atoms with Gasteiger partial charge in [-0.3, -0.25) is 0 Å². The molecule has 2 aromatic carbocycles. The van der Waals surface area contributed by atoms with Crippen LogP contribution in [0, 0.1) is 6.92 Å². The van der Waals surface area contributed by atoms with Gasteiger partial charge in [0.25, 0.3) is 0 Å². The maximum Gasteiger partial charge on any atom is 0.146 e. The number of halogens is 2. The van der Waals surface area contributed by atoms with E-state index in [0.29, 0.717) is 16.8 Å². The van der Waals surface area contributed by atoms with E-state index < -0.39 is 0 Å². The molecule has 0 aliphatic heterocycles. The van der Waals surface area contributed by atoms with Crippen LogP contribution >= 0.6 is 27.5 Å². The van der Waals surface area contributed by atoms with E-state index in [9.17, 15) is 0 Å². The fourth-order valence-corrected chi connectivity index (χ4v) is 2.47. The molecule has 0 saturated heterocycles. The van der Waals surface area contributed by atoms with Crippen molar-refractivity contribution in [3.8, 4) is 11.5 Å². The van der Waals surface area contributed by atoms with Crippen molar-refractivity contribution >= 4 is 27.5 Å². The lowest BCUT2D eigenvalue weighted by molar-refractivity contribution is 0.469. The quantitative estimate of drug-likeness (QED) is 0.730. The predicted molar refractivity (Wildman–Crippen MR) is 92.4 cm³/mol. The van der Waals surface area contributed by atoms with Gasteiger partial charge in [0, 0.05) is 22.6 Å². The standard InChI is InChI=1S/C17H19BrClNO/c1-11(2)20-10-13-9-14(18)5-7-16(13)21-17-8-12(3)4-6-15(17)19/h4-9,11,20H,10H2,1-3H3. The Morgan fingerprint density at radius 3 is 2.62 bits per heavy atom. The monoisotopic (exact) mass is 367 g/mol. The Kier molecular flexibility index (Phi) is 5.68. The largest absolute Gasteiger partial charge is 0.455 e. The molecule has 0 atom stereocenters. The van der Waals surface area contributed by atoms with E-state index in [1.165, 1.54) is 0 Å². The SMILES string of the molecule is Cc1ccc(Cl)c(Oc2ccc(Br)cc2CNC(C)C)c1. The van der Waals surface area contributed by atoms with Crippen LogP contribution in [0.2, 0.25) is 5.02 Å². The molecule has 0 radical (unpaired) electrons. The van der Waals surface area contributed by atoms with Gasteiger partial charge in [-0.25, -0.2) is 0 Å². The van der Waals surface area contributed by atoms with Gasteiger partial charge in [-0.2, -0.15) is 0 Å². The molecule has 2 nitrogen and oxygen atoms in total. The van der Waals surface area contributed by atoms with Crippen molar-refractivity contribution in [2.24, 2.45) is 0 Å². The van der Waals surface area contributed by atoms with Gasteiger partial charge >= 0.3 is 0 Å². The Bertz CT molecular complexity index is 628. The maximum atomic E-state index is 6.21. The van der Waals surface area contributed by atoms with Crippen LogP contribution in [0.15, 0.2) is 40.9 Å². The third-order valence-electron chi connectivity index (χ3n) is 3.03. The summed E-state index contributed by atoms with van der Waals surface area (Å²) < 4.78 is 7.05. The van der Waals surface area contributed by atoms with E-state index in [4.69, 9.17) is 16.3 Å². The second-order valence-electron chi connectivity index (χ2n) is 5.32. The molecular weight excluding hydrogens is 350 g/mol. The normalized spacial score (nSPS) is 11.0. The zero-order valence-corrected chi connectivity index (χ0v) is 14.8. The van der Waals surface area contributed by atoms with Crippen molar-refractivity contribution in [2.45, 2.75) is 33.4 Å². The maximum absolute atomic E-state index is 6.21. The molecule has 2 rings (SSSR count). The fraction of sp³-hybridized carbons (Fsp3) is 0.294. The van der Waals surface area contributed by atoms with Crippen molar-refractivity contribution in [1.82, 2.24) is 5.32 Å².